The van der Waals surface area contributed by atoms with Crippen LogP contribution in [0, 0.1) is 0 Å². The van der Waals surface area contributed by atoms with Gasteiger partial charge in [0.15, 0.2) is 0 Å². The molecule has 2 N–H and O–H groups in total. The zero-order valence-corrected chi connectivity index (χ0v) is 15.1. The number of ether oxygens (including phenoxy) is 1. The molecule has 8 heteroatoms. The normalized spacial score (nSPS) is 21.4. The van der Waals surface area contributed by atoms with Gasteiger partial charge in [-0.3, -0.25) is 0 Å². The van der Waals surface area contributed by atoms with E-state index in [0.717, 1.165) is 32.3 Å². The number of urea groups is 1. The van der Waals surface area contributed by atoms with Crippen LogP contribution in [0.15, 0.2) is 29.2 Å². The zero-order valence-electron chi connectivity index (χ0n) is 14.2. The number of nitrogens with one attached hydrogen (secondary N) is 2. The fourth-order valence-electron chi connectivity index (χ4n) is 3.22. The third-order valence-electron chi connectivity index (χ3n) is 4.61. The molecular formula is C17H25N3O4S. The maximum Gasteiger partial charge on any atom is 0.315 e. The number of carbonyl (C=O) groups is 1. The first-order valence-electron chi connectivity index (χ1n) is 8.79. The van der Waals surface area contributed by atoms with Crippen molar-refractivity contribution in [2.24, 2.45) is 0 Å². The number of carbonyl (C=O) groups excluding carboxylic acids is 1. The Bertz CT molecular complexity index is 696. The summed E-state index contributed by atoms with van der Waals surface area (Å²) < 4.78 is 32.5. The van der Waals surface area contributed by atoms with Crippen molar-refractivity contribution >= 4 is 16.1 Å². The van der Waals surface area contributed by atoms with E-state index in [-0.39, 0.29) is 23.6 Å². The number of sulfonamides is 1. The van der Waals surface area contributed by atoms with Crippen molar-refractivity contribution < 1.29 is 17.9 Å². The highest BCUT2D eigenvalue weighted by molar-refractivity contribution is 7.89. The fraction of sp³-hybridized carbons (Fsp3) is 0.588. The van der Waals surface area contributed by atoms with Crippen molar-refractivity contribution in [2.45, 2.75) is 43.2 Å². The van der Waals surface area contributed by atoms with Crippen LogP contribution >= 0.6 is 0 Å². The summed E-state index contributed by atoms with van der Waals surface area (Å²) >= 11 is 0. The van der Waals surface area contributed by atoms with Crippen LogP contribution in [0.5, 0.6) is 0 Å². The molecule has 2 fully saturated rings. The van der Waals surface area contributed by atoms with Gasteiger partial charge < -0.3 is 15.4 Å². The predicted octanol–water partition coefficient (Wildman–Crippen LogP) is 1.45. The number of hydrogen-bond donors (Lipinski definition) is 2. The molecule has 2 saturated heterocycles. The monoisotopic (exact) mass is 367 g/mol. The minimum absolute atomic E-state index is 0.0774. The van der Waals surface area contributed by atoms with E-state index in [4.69, 9.17) is 4.74 Å². The molecule has 1 atom stereocenters. The summed E-state index contributed by atoms with van der Waals surface area (Å²) in [4.78, 5) is 12.2. The van der Waals surface area contributed by atoms with Gasteiger partial charge in [-0.05, 0) is 37.3 Å². The largest absolute Gasteiger partial charge is 0.376 e. The molecule has 1 unspecified atom stereocenters. The Labute approximate surface area is 148 Å². The number of hydrogen-bond acceptors (Lipinski definition) is 4. The maximum absolute atomic E-state index is 12.8. The molecule has 1 aromatic carbocycles. The first-order chi connectivity index (χ1) is 12.1. The van der Waals surface area contributed by atoms with Gasteiger partial charge in [-0.25, -0.2) is 13.2 Å². The molecule has 0 aromatic heterocycles. The molecule has 7 nitrogen and oxygen atoms in total. The Hall–Kier alpha value is -1.64. The van der Waals surface area contributed by atoms with Crippen LogP contribution in [0.1, 0.15) is 31.2 Å². The molecule has 0 aliphatic carbocycles. The zero-order chi connectivity index (χ0) is 17.7. The van der Waals surface area contributed by atoms with Gasteiger partial charge in [-0.15, -0.1) is 0 Å². The van der Waals surface area contributed by atoms with Crippen LogP contribution in [0.25, 0.3) is 0 Å². The van der Waals surface area contributed by atoms with Crippen molar-refractivity contribution in [2.75, 3.05) is 26.2 Å². The summed E-state index contributed by atoms with van der Waals surface area (Å²) in [7, 11) is -3.50. The highest BCUT2D eigenvalue weighted by Gasteiger charge is 2.29. The van der Waals surface area contributed by atoms with Crippen molar-refractivity contribution in [1.82, 2.24) is 14.9 Å². The Morgan fingerprint density at radius 1 is 1.16 bits per heavy atom. The quantitative estimate of drug-likeness (QED) is 0.797. The summed E-state index contributed by atoms with van der Waals surface area (Å²) in [5.41, 5.74) is 0.599. The maximum atomic E-state index is 12.8. The second kappa shape index (κ2) is 8.16. The third kappa shape index (κ3) is 4.50. The van der Waals surface area contributed by atoms with E-state index in [1.807, 2.05) is 0 Å². The molecule has 2 aliphatic rings. The van der Waals surface area contributed by atoms with Crippen LogP contribution in [-0.2, 0) is 21.3 Å². The molecule has 0 saturated carbocycles. The summed E-state index contributed by atoms with van der Waals surface area (Å²) in [6.45, 7) is 2.51. The topological polar surface area (TPSA) is 87.7 Å². The molecule has 25 heavy (non-hydrogen) atoms. The summed E-state index contributed by atoms with van der Waals surface area (Å²) in [6, 6.07) is 6.52. The lowest BCUT2D eigenvalue weighted by molar-refractivity contribution is 0.111. The van der Waals surface area contributed by atoms with Crippen LogP contribution in [0.4, 0.5) is 4.79 Å². The lowest BCUT2D eigenvalue weighted by Crippen LogP contribution is -2.39. The average molecular weight is 367 g/mol. The van der Waals surface area contributed by atoms with E-state index in [2.05, 4.69) is 10.6 Å². The minimum atomic E-state index is -3.50. The van der Waals surface area contributed by atoms with Gasteiger partial charge in [-0.2, -0.15) is 4.31 Å². The standard InChI is InChI=1S/C17H25N3O4S/c21-17(19-13-15-7-5-11-24-15)18-12-14-6-1-2-8-16(14)25(22,23)20-9-3-4-10-20/h1-2,6,8,15H,3-5,7,9-13H2,(H2,18,19,21). The molecule has 1 aromatic rings. The molecule has 2 heterocycles. The van der Waals surface area contributed by atoms with Crippen molar-refractivity contribution in [3.63, 3.8) is 0 Å². The van der Waals surface area contributed by atoms with Gasteiger partial charge in [0.25, 0.3) is 0 Å². The number of nitrogens with zero attached hydrogens (tertiary/aromatic N) is 1. The fourth-order valence-corrected chi connectivity index (χ4v) is 4.96. The highest BCUT2D eigenvalue weighted by atomic mass is 32.2. The predicted molar refractivity (Wildman–Crippen MR) is 93.6 cm³/mol. The van der Waals surface area contributed by atoms with E-state index < -0.39 is 10.0 Å². The average Bonchev–Trinajstić information content (AvgIpc) is 3.31. The lowest BCUT2D eigenvalue weighted by atomic mass is 10.2. The van der Waals surface area contributed by atoms with Crippen molar-refractivity contribution in [1.29, 1.82) is 0 Å². The van der Waals surface area contributed by atoms with Gasteiger partial charge in [0.05, 0.1) is 11.0 Å². The molecule has 0 radical (unpaired) electrons. The SMILES string of the molecule is O=C(NCc1ccccc1S(=O)(=O)N1CCCC1)NCC1CCCO1. The van der Waals surface area contributed by atoms with E-state index in [1.54, 1.807) is 24.3 Å². The number of amides is 2. The molecule has 0 spiro atoms. The second-order valence-electron chi connectivity index (χ2n) is 6.42. The van der Waals surface area contributed by atoms with E-state index in [1.165, 1.54) is 4.31 Å². The van der Waals surface area contributed by atoms with Crippen LogP contribution in [0.3, 0.4) is 0 Å². The molecule has 3 rings (SSSR count). The molecule has 138 valence electrons. The second-order valence-corrected chi connectivity index (χ2v) is 8.32. The summed E-state index contributed by atoms with van der Waals surface area (Å²) in [5.74, 6) is 0. The molecular weight excluding hydrogens is 342 g/mol. The lowest BCUT2D eigenvalue weighted by Gasteiger charge is -2.18. The molecule has 0 bridgehead atoms. The van der Waals surface area contributed by atoms with Gasteiger partial charge in [0.2, 0.25) is 10.0 Å². The number of benzene rings is 1. The van der Waals surface area contributed by atoms with Gasteiger partial charge in [0, 0.05) is 32.8 Å². The Kier molecular flexibility index (Phi) is 5.93. The smallest absolute Gasteiger partial charge is 0.315 e. The van der Waals surface area contributed by atoms with Crippen LogP contribution < -0.4 is 10.6 Å². The van der Waals surface area contributed by atoms with Crippen molar-refractivity contribution in [3.05, 3.63) is 29.8 Å². The van der Waals surface area contributed by atoms with Crippen LogP contribution in [0.2, 0.25) is 0 Å². The summed E-state index contributed by atoms with van der Waals surface area (Å²) in [6.07, 6.45) is 3.84. The number of rotatable bonds is 6. The van der Waals surface area contributed by atoms with Gasteiger partial charge in [0.1, 0.15) is 0 Å². The van der Waals surface area contributed by atoms with E-state index in [9.17, 15) is 13.2 Å². The van der Waals surface area contributed by atoms with Crippen LogP contribution in [-0.4, -0.2) is 51.1 Å². The van der Waals surface area contributed by atoms with E-state index >= 15 is 0 Å². The van der Waals surface area contributed by atoms with Crippen molar-refractivity contribution in [3.8, 4) is 0 Å². The minimum Gasteiger partial charge on any atom is -0.376 e. The summed E-state index contributed by atoms with van der Waals surface area (Å²) in [5, 5.41) is 5.51. The third-order valence-corrected chi connectivity index (χ3v) is 6.61. The first kappa shape index (κ1) is 18.2. The Balaban J connectivity index is 1.60. The first-order valence-corrected chi connectivity index (χ1v) is 10.2. The Morgan fingerprint density at radius 3 is 2.64 bits per heavy atom. The van der Waals surface area contributed by atoms with Gasteiger partial charge in [-0.1, -0.05) is 18.2 Å². The highest BCUT2D eigenvalue weighted by Crippen LogP contribution is 2.23. The van der Waals surface area contributed by atoms with E-state index in [0.29, 0.717) is 25.2 Å². The Morgan fingerprint density at radius 2 is 1.92 bits per heavy atom. The van der Waals surface area contributed by atoms with Gasteiger partial charge >= 0.3 is 6.03 Å². The molecule has 2 aliphatic heterocycles. The molecule has 2 amide bonds.